The number of carbonyl (C=O) groups excluding carboxylic acids is 1. The monoisotopic (exact) mass is 648 g/mol. The van der Waals surface area contributed by atoms with Gasteiger partial charge in [0.1, 0.15) is 10.0 Å². The van der Waals surface area contributed by atoms with Crippen molar-refractivity contribution in [1.29, 1.82) is 0 Å². The Morgan fingerprint density at radius 3 is 2.43 bits per heavy atom. The molecule has 2 fully saturated rings. The van der Waals surface area contributed by atoms with Crippen molar-refractivity contribution in [3.8, 4) is 16.9 Å². The van der Waals surface area contributed by atoms with Crippen LogP contribution in [0.5, 0.6) is 0 Å². The lowest BCUT2D eigenvalue weighted by Gasteiger charge is -2.34. The summed E-state index contributed by atoms with van der Waals surface area (Å²) < 4.78 is 67.7. The van der Waals surface area contributed by atoms with Gasteiger partial charge in [-0.1, -0.05) is 54.3 Å². The Balaban J connectivity index is 1.54. The fraction of sp³-hybridized carbons (Fsp3) is 0.296. The van der Waals surface area contributed by atoms with E-state index in [1.165, 1.54) is 10.4 Å². The Labute approximate surface area is 253 Å². The van der Waals surface area contributed by atoms with Crippen molar-refractivity contribution < 1.29 is 30.9 Å². The van der Waals surface area contributed by atoms with E-state index in [4.69, 9.17) is 26.6 Å². The number of hydrogen-bond acceptors (Lipinski definition) is 9. The quantitative estimate of drug-likeness (QED) is 0.220. The zero-order chi connectivity index (χ0) is 30.2. The van der Waals surface area contributed by atoms with Crippen LogP contribution >= 0.6 is 24.0 Å². The van der Waals surface area contributed by atoms with Crippen molar-refractivity contribution in [3.63, 3.8) is 0 Å². The van der Waals surface area contributed by atoms with Gasteiger partial charge in [-0.2, -0.15) is 17.8 Å². The third-order valence-corrected chi connectivity index (χ3v) is 10.5. The number of rotatable bonds is 8. The zero-order valence-corrected chi connectivity index (χ0v) is 25.9. The summed E-state index contributed by atoms with van der Waals surface area (Å²) in [5.74, 6) is -1.15. The maximum atomic E-state index is 13.6. The largest absolute Gasteiger partial charge is 0.373 e. The molecule has 0 saturated carbocycles. The maximum Gasteiger partial charge on any atom is 0.266 e. The molecule has 3 heterocycles. The Hall–Kier alpha value is -2.92. The number of sulfonamides is 1. The van der Waals surface area contributed by atoms with E-state index in [0.717, 1.165) is 22.3 Å². The van der Waals surface area contributed by atoms with Crippen LogP contribution in [0.25, 0.3) is 23.0 Å². The van der Waals surface area contributed by atoms with Crippen LogP contribution < -0.4 is 0 Å². The van der Waals surface area contributed by atoms with E-state index in [2.05, 4.69) is 0 Å². The number of nitrogens with zero attached hydrogens (tertiary/aromatic N) is 4. The van der Waals surface area contributed by atoms with Crippen LogP contribution in [0, 0.1) is 0 Å². The first-order valence-corrected chi connectivity index (χ1v) is 17.2. The fourth-order valence-electron chi connectivity index (χ4n) is 4.75. The van der Waals surface area contributed by atoms with Crippen molar-refractivity contribution in [2.45, 2.75) is 31.0 Å². The van der Waals surface area contributed by atoms with E-state index in [0.29, 0.717) is 16.8 Å². The van der Waals surface area contributed by atoms with Gasteiger partial charge in [-0.15, -0.1) is 0 Å². The minimum Gasteiger partial charge on any atom is -0.373 e. The number of hydrogen-bond donors (Lipinski definition) is 1. The molecule has 1 N–H and O–H groups in total. The Bertz CT molecular complexity index is 1760. The molecule has 2 aromatic carbocycles. The highest BCUT2D eigenvalue weighted by Crippen LogP contribution is 2.35. The van der Waals surface area contributed by atoms with Crippen LogP contribution in [0.15, 0.2) is 70.6 Å². The van der Waals surface area contributed by atoms with Gasteiger partial charge in [-0.25, -0.2) is 13.1 Å². The standard InChI is InChI=1S/C27H28N4O7S4/c1-18-15-29(16-19(2)38-18)42(36,37)23-10-6-7-20(13-23)25-21(17-31(28-25)22-8-4-3-5-9-22)14-24-26(32)30(27(39)40-24)11-12-41(33,34)35/h3-10,13-14,17-19H,11-12,15-16H2,1-2H3,(H,33,34,35)/b24-14-. The number of thioether (sulfide) groups is 1. The predicted octanol–water partition coefficient (Wildman–Crippen LogP) is 3.43. The van der Waals surface area contributed by atoms with E-state index >= 15 is 0 Å². The lowest BCUT2D eigenvalue weighted by molar-refractivity contribution is -0.121. The molecule has 2 saturated heterocycles. The molecular weight excluding hydrogens is 621 g/mol. The molecule has 1 amide bonds. The molecule has 2 unspecified atom stereocenters. The van der Waals surface area contributed by atoms with E-state index < -0.39 is 31.8 Å². The molecular formula is C27H28N4O7S4. The molecule has 1 aromatic heterocycles. The molecule has 0 bridgehead atoms. The summed E-state index contributed by atoms with van der Waals surface area (Å²) in [6, 6.07) is 15.8. The second kappa shape index (κ2) is 12.0. The van der Waals surface area contributed by atoms with Gasteiger partial charge < -0.3 is 4.74 Å². The first-order chi connectivity index (χ1) is 19.8. The highest BCUT2D eigenvalue weighted by molar-refractivity contribution is 8.26. The molecule has 2 aliphatic rings. The van der Waals surface area contributed by atoms with Crippen LogP contribution in [-0.4, -0.2) is 88.2 Å². The van der Waals surface area contributed by atoms with Gasteiger partial charge in [0.15, 0.2) is 0 Å². The number of morpholine rings is 1. The average molecular weight is 649 g/mol. The smallest absolute Gasteiger partial charge is 0.266 e. The maximum absolute atomic E-state index is 13.6. The first kappa shape index (κ1) is 30.5. The van der Waals surface area contributed by atoms with E-state index in [9.17, 15) is 21.6 Å². The summed E-state index contributed by atoms with van der Waals surface area (Å²) in [6.07, 6.45) is 2.84. The second-order valence-corrected chi connectivity index (χ2v) is 15.1. The van der Waals surface area contributed by atoms with Gasteiger partial charge >= 0.3 is 0 Å². The average Bonchev–Trinajstić information content (AvgIpc) is 3.47. The number of benzene rings is 2. The van der Waals surface area contributed by atoms with Crippen molar-refractivity contribution in [2.24, 2.45) is 0 Å². The highest BCUT2D eigenvalue weighted by atomic mass is 32.2. The molecule has 2 aliphatic heterocycles. The van der Waals surface area contributed by atoms with E-state index in [1.807, 2.05) is 44.2 Å². The number of thiocarbonyl (C=S) groups is 1. The molecule has 3 aromatic rings. The zero-order valence-electron chi connectivity index (χ0n) is 22.7. The molecule has 42 heavy (non-hydrogen) atoms. The summed E-state index contributed by atoms with van der Waals surface area (Å²) in [6.45, 7) is 3.87. The fourth-order valence-corrected chi connectivity index (χ4v) is 8.10. The predicted molar refractivity (Wildman–Crippen MR) is 164 cm³/mol. The Kier molecular flexibility index (Phi) is 8.72. The van der Waals surface area contributed by atoms with Crippen LogP contribution in [0.1, 0.15) is 19.4 Å². The lowest BCUT2D eigenvalue weighted by atomic mass is 10.1. The molecule has 0 radical (unpaired) electrons. The van der Waals surface area contributed by atoms with Gasteiger partial charge in [0, 0.05) is 37.0 Å². The molecule has 0 aliphatic carbocycles. The van der Waals surface area contributed by atoms with Crippen molar-refractivity contribution >= 4 is 60.4 Å². The van der Waals surface area contributed by atoms with Crippen LogP contribution in [0.3, 0.4) is 0 Å². The molecule has 222 valence electrons. The topological polar surface area (TPSA) is 139 Å². The number of carbonyl (C=O) groups is 1. The minimum absolute atomic E-state index is 0.109. The van der Waals surface area contributed by atoms with E-state index in [1.54, 1.807) is 35.2 Å². The third-order valence-electron chi connectivity index (χ3n) is 6.63. The van der Waals surface area contributed by atoms with Gasteiger partial charge in [0.05, 0.1) is 33.4 Å². The number of amides is 1. The van der Waals surface area contributed by atoms with Gasteiger partial charge in [-0.05, 0) is 44.2 Å². The molecule has 0 spiro atoms. The number of para-hydroxylation sites is 1. The summed E-state index contributed by atoms with van der Waals surface area (Å²) in [7, 11) is -8.12. The third kappa shape index (κ3) is 6.67. The molecule has 5 rings (SSSR count). The SMILES string of the molecule is CC1CN(S(=O)(=O)c2cccc(-c3nn(-c4ccccc4)cc3/C=C3\SC(=S)N(CCS(=O)(=O)O)C3=O)c2)CC(C)O1. The highest BCUT2D eigenvalue weighted by Gasteiger charge is 2.34. The van der Waals surface area contributed by atoms with Crippen LogP contribution in [0.2, 0.25) is 0 Å². The number of ether oxygens (including phenoxy) is 1. The van der Waals surface area contributed by atoms with Crippen LogP contribution in [0.4, 0.5) is 0 Å². The van der Waals surface area contributed by atoms with Crippen LogP contribution in [-0.2, 0) is 29.7 Å². The van der Waals surface area contributed by atoms with Gasteiger partial charge in [0.2, 0.25) is 10.0 Å². The van der Waals surface area contributed by atoms with Crippen molar-refractivity contribution in [2.75, 3.05) is 25.4 Å². The minimum atomic E-state index is -4.29. The first-order valence-electron chi connectivity index (χ1n) is 12.9. The normalized spacial score (nSPS) is 21.4. The lowest BCUT2D eigenvalue weighted by Crippen LogP contribution is -2.48. The Morgan fingerprint density at radius 2 is 1.76 bits per heavy atom. The second-order valence-electron chi connectivity index (χ2n) is 9.94. The summed E-state index contributed by atoms with van der Waals surface area (Å²) >= 11 is 6.30. The number of aromatic nitrogens is 2. The van der Waals surface area contributed by atoms with Crippen molar-refractivity contribution in [3.05, 3.63) is 71.3 Å². The summed E-state index contributed by atoms with van der Waals surface area (Å²) in [5, 5.41) is 4.75. The summed E-state index contributed by atoms with van der Waals surface area (Å²) in [5.41, 5.74) is 2.23. The van der Waals surface area contributed by atoms with E-state index in [-0.39, 0.29) is 46.0 Å². The molecule has 11 nitrogen and oxygen atoms in total. The molecule has 2 atom stereocenters. The summed E-state index contributed by atoms with van der Waals surface area (Å²) in [4.78, 5) is 14.6. The van der Waals surface area contributed by atoms with Gasteiger partial charge in [0.25, 0.3) is 16.0 Å². The molecule has 15 heteroatoms. The Morgan fingerprint density at radius 1 is 1.07 bits per heavy atom. The van der Waals surface area contributed by atoms with Gasteiger partial charge in [-0.3, -0.25) is 14.2 Å². The van der Waals surface area contributed by atoms with Crippen molar-refractivity contribution in [1.82, 2.24) is 19.0 Å².